The van der Waals surface area contributed by atoms with Gasteiger partial charge in [-0.05, 0) is 26.3 Å². The summed E-state index contributed by atoms with van der Waals surface area (Å²) in [6, 6.07) is 1.16. The van der Waals surface area contributed by atoms with Gasteiger partial charge in [0, 0.05) is 25.5 Å². The Morgan fingerprint density at radius 2 is 2.14 bits per heavy atom. The second-order valence-corrected chi connectivity index (χ2v) is 4.82. The number of carbonyl (C=O) groups excluding carboxylic acids is 2. The fraction of sp³-hybridized carbons (Fsp3) is 0.357. The lowest BCUT2D eigenvalue weighted by Crippen LogP contribution is -2.47. The molecule has 8 nitrogen and oxygen atoms in total. The summed E-state index contributed by atoms with van der Waals surface area (Å²) >= 11 is 0. The highest BCUT2D eigenvalue weighted by molar-refractivity contribution is 5.96. The number of rotatable bonds is 5. The number of nitrogens with one attached hydrogen (secondary N) is 3. The number of hydrogen-bond donors (Lipinski definition) is 3. The van der Waals surface area contributed by atoms with Crippen LogP contribution in [-0.2, 0) is 6.54 Å². The molecule has 0 aliphatic heterocycles. The minimum atomic E-state index is -0.461. The van der Waals surface area contributed by atoms with Gasteiger partial charge in [0.15, 0.2) is 0 Å². The third-order valence-electron chi connectivity index (χ3n) is 3.01. The van der Waals surface area contributed by atoms with Gasteiger partial charge in [0.2, 0.25) is 0 Å². The second kappa shape index (κ2) is 7.30. The number of imidazole rings is 1. The van der Waals surface area contributed by atoms with Crippen molar-refractivity contribution in [3.63, 3.8) is 0 Å². The van der Waals surface area contributed by atoms with Gasteiger partial charge in [0.25, 0.3) is 5.91 Å². The Hall–Kier alpha value is -2.77. The lowest BCUT2D eigenvalue weighted by atomic mass is 10.2. The Labute approximate surface area is 127 Å². The lowest BCUT2D eigenvalue weighted by Gasteiger charge is -2.08. The van der Waals surface area contributed by atoms with Crippen molar-refractivity contribution in [2.24, 2.45) is 0 Å². The SMILES string of the molecule is Cc1cc(C(=O)NNC(=O)NCCCn2ccnc2)c(C)o1. The van der Waals surface area contributed by atoms with E-state index in [1.807, 2.05) is 10.8 Å². The smallest absolute Gasteiger partial charge is 0.333 e. The third-order valence-corrected chi connectivity index (χ3v) is 3.01. The van der Waals surface area contributed by atoms with Crippen molar-refractivity contribution in [1.82, 2.24) is 25.7 Å². The summed E-state index contributed by atoms with van der Waals surface area (Å²) in [5.74, 6) is 0.743. The Balaban J connectivity index is 1.65. The highest BCUT2D eigenvalue weighted by atomic mass is 16.3. The maximum Gasteiger partial charge on any atom is 0.333 e. The summed E-state index contributed by atoms with van der Waals surface area (Å²) in [5, 5.41) is 2.65. The molecule has 8 heteroatoms. The van der Waals surface area contributed by atoms with E-state index in [-0.39, 0.29) is 0 Å². The average Bonchev–Trinajstić information content (AvgIpc) is 3.10. The number of nitrogens with zero attached hydrogens (tertiary/aromatic N) is 2. The summed E-state index contributed by atoms with van der Waals surface area (Å²) in [6.07, 6.45) is 6.04. The minimum absolute atomic E-state index is 0.401. The van der Waals surface area contributed by atoms with Crippen molar-refractivity contribution >= 4 is 11.9 Å². The quantitative estimate of drug-likeness (QED) is 0.569. The first-order valence-corrected chi connectivity index (χ1v) is 6.93. The number of carbonyl (C=O) groups is 2. The lowest BCUT2D eigenvalue weighted by molar-refractivity contribution is 0.0934. The van der Waals surface area contributed by atoms with Crippen LogP contribution in [0, 0.1) is 13.8 Å². The molecule has 0 bridgehead atoms. The Morgan fingerprint density at radius 1 is 1.32 bits per heavy atom. The Morgan fingerprint density at radius 3 is 2.77 bits per heavy atom. The van der Waals surface area contributed by atoms with Crippen LogP contribution in [-0.4, -0.2) is 28.0 Å². The van der Waals surface area contributed by atoms with E-state index >= 15 is 0 Å². The molecule has 2 aromatic rings. The highest BCUT2D eigenvalue weighted by Crippen LogP contribution is 2.12. The van der Waals surface area contributed by atoms with E-state index in [0.717, 1.165) is 13.0 Å². The summed E-state index contributed by atoms with van der Waals surface area (Å²) < 4.78 is 7.18. The van der Waals surface area contributed by atoms with Gasteiger partial charge in [0.1, 0.15) is 11.5 Å². The minimum Gasteiger partial charge on any atom is -0.466 e. The van der Waals surface area contributed by atoms with E-state index in [0.29, 0.717) is 23.6 Å². The largest absolute Gasteiger partial charge is 0.466 e. The zero-order valence-electron chi connectivity index (χ0n) is 12.5. The van der Waals surface area contributed by atoms with E-state index in [9.17, 15) is 9.59 Å². The molecule has 0 saturated heterocycles. The van der Waals surface area contributed by atoms with Crippen molar-refractivity contribution in [1.29, 1.82) is 0 Å². The zero-order chi connectivity index (χ0) is 15.9. The monoisotopic (exact) mass is 305 g/mol. The van der Waals surface area contributed by atoms with Crippen LogP contribution in [0.5, 0.6) is 0 Å². The molecule has 22 heavy (non-hydrogen) atoms. The van der Waals surface area contributed by atoms with E-state index in [1.165, 1.54) is 0 Å². The first-order chi connectivity index (χ1) is 10.6. The molecule has 0 aliphatic carbocycles. The predicted octanol–water partition coefficient (Wildman–Crippen LogP) is 1.13. The highest BCUT2D eigenvalue weighted by Gasteiger charge is 2.13. The molecule has 0 aliphatic rings. The fourth-order valence-electron chi connectivity index (χ4n) is 1.96. The van der Waals surface area contributed by atoms with E-state index in [1.54, 1.807) is 32.4 Å². The summed E-state index contributed by atoms with van der Waals surface area (Å²) in [4.78, 5) is 27.3. The van der Waals surface area contributed by atoms with Crippen LogP contribution in [0.25, 0.3) is 0 Å². The van der Waals surface area contributed by atoms with E-state index in [2.05, 4.69) is 21.2 Å². The van der Waals surface area contributed by atoms with Gasteiger partial charge in [0.05, 0.1) is 11.9 Å². The van der Waals surface area contributed by atoms with Crippen LogP contribution >= 0.6 is 0 Å². The van der Waals surface area contributed by atoms with Crippen LogP contribution in [0.3, 0.4) is 0 Å². The molecular weight excluding hydrogens is 286 g/mol. The van der Waals surface area contributed by atoms with Crippen LogP contribution in [0.1, 0.15) is 28.3 Å². The number of hydrogen-bond acceptors (Lipinski definition) is 4. The molecule has 3 N–H and O–H groups in total. The molecule has 0 aromatic carbocycles. The molecule has 2 aromatic heterocycles. The standard InChI is InChI=1S/C14H19N5O3/c1-10-8-12(11(2)22-10)13(20)17-18-14(21)16-4-3-6-19-7-5-15-9-19/h5,7-9H,3-4,6H2,1-2H3,(H,17,20)(H2,16,18,21). The van der Waals surface area contributed by atoms with Crippen LogP contribution in [0.4, 0.5) is 4.79 Å². The Bertz CT molecular complexity index is 633. The maximum atomic E-state index is 11.8. The molecule has 0 atom stereocenters. The molecule has 0 radical (unpaired) electrons. The zero-order valence-corrected chi connectivity index (χ0v) is 12.5. The molecule has 2 rings (SSSR count). The van der Waals surface area contributed by atoms with Gasteiger partial charge < -0.3 is 14.3 Å². The summed E-state index contributed by atoms with van der Waals surface area (Å²) in [6.45, 7) is 4.70. The number of amides is 3. The number of furan rings is 1. The molecule has 0 fully saturated rings. The first-order valence-electron chi connectivity index (χ1n) is 6.93. The number of aromatic nitrogens is 2. The van der Waals surface area contributed by atoms with Gasteiger partial charge in [-0.1, -0.05) is 0 Å². The Kier molecular flexibility index (Phi) is 5.18. The van der Waals surface area contributed by atoms with Crippen LogP contribution in [0.15, 0.2) is 29.2 Å². The molecule has 2 heterocycles. The maximum absolute atomic E-state index is 11.8. The van der Waals surface area contributed by atoms with Crippen molar-refractivity contribution in [3.8, 4) is 0 Å². The van der Waals surface area contributed by atoms with Gasteiger partial charge >= 0.3 is 6.03 Å². The molecule has 0 saturated carbocycles. The van der Waals surface area contributed by atoms with Gasteiger partial charge in [-0.15, -0.1) is 0 Å². The average molecular weight is 305 g/mol. The van der Waals surface area contributed by atoms with Crippen molar-refractivity contribution < 1.29 is 14.0 Å². The number of urea groups is 1. The summed E-state index contributed by atoms with van der Waals surface area (Å²) in [5.41, 5.74) is 5.03. The third kappa shape index (κ3) is 4.37. The van der Waals surface area contributed by atoms with E-state index < -0.39 is 11.9 Å². The number of hydrazine groups is 1. The fourth-order valence-corrected chi connectivity index (χ4v) is 1.96. The van der Waals surface area contributed by atoms with Crippen molar-refractivity contribution in [3.05, 3.63) is 41.9 Å². The molecular formula is C14H19N5O3. The van der Waals surface area contributed by atoms with E-state index in [4.69, 9.17) is 4.42 Å². The van der Waals surface area contributed by atoms with Crippen molar-refractivity contribution in [2.45, 2.75) is 26.8 Å². The van der Waals surface area contributed by atoms with Crippen LogP contribution in [0.2, 0.25) is 0 Å². The topological polar surface area (TPSA) is 101 Å². The van der Waals surface area contributed by atoms with Crippen LogP contribution < -0.4 is 16.2 Å². The first kappa shape index (κ1) is 15.6. The molecule has 3 amide bonds. The van der Waals surface area contributed by atoms with Gasteiger partial charge in [-0.3, -0.25) is 10.2 Å². The summed E-state index contributed by atoms with van der Waals surface area (Å²) in [7, 11) is 0. The normalized spacial score (nSPS) is 10.3. The number of aryl methyl sites for hydroxylation is 3. The molecule has 0 spiro atoms. The van der Waals surface area contributed by atoms with Gasteiger partial charge in [-0.25, -0.2) is 15.2 Å². The molecule has 118 valence electrons. The predicted molar refractivity (Wildman–Crippen MR) is 79.0 cm³/mol. The second-order valence-electron chi connectivity index (χ2n) is 4.82. The van der Waals surface area contributed by atoms with Gasteiger partial charge in [-0.2, -0.15) is 0 Å². The van der Waals surface area contributed by atoms with Crippen molar-refractivity contribution in [2.75, 3.05) is 6.54 Å². The molecule has 0 unspecified atom stereocenters.